The molecule has 0 aliphatic carbocycles. The Bertz CT molecular complexity index is 1980. The lowest BCUT2D eigenvalue weighted by Crippen LogP contribution is -1.86. The molecule has 0 bridgehead atoms. The van der Waals surface area contributed by atoms with E-state index in [1.165, 1.54) is 114 Å². The van der Waals surface area contributed by atoms with Crippen molar-refractivity contribution in [2.24, 2.45) is 0 Å². The number of H-pyrrole nitrogens is 1. The number of aromatic nitrogens is 1. The second kappa shape index (κ2) is 10.9. The van der Waals surface area contributed by atoms with Gasteiger partial charge in [-0.15, -0.1) is 11.3 Å². The van der Waals surface area contributed by atoms with E-state index < -0.39 is 0 Å². The van der Waals surface area contributed by atoms with Crippen LogP contribution in [0, 0.1) is 0 Å². The Hall–Kier alpha value is -3.88. The molecule has 1 N–H and O–H groups in total. The Morgan fingerprint density at radius 1 is 0.600 bits per heavy atom. The van der Waals surface area contributed by atoms with Crippen molar-refractivity contribution in [2.45, 2.75) is 51.9 Å². The van der Waals surface area contributed by atoms with Gasteiger partial charge < -0.3 is 4.98 Å². The zero-order chi connectivity index (χ0) is 26.9. The lowest BCUT2D eigenvalue weighted by Gasteiger charge is -2.03. The highest BCUT2D eigenvalue weighted by molar-refractivity contribution is 7.26. The van der Waals surface area contributed by atoms with Crippen LogP contribution in [0.3, 0.4) is 0 Å². The van der Waals surface area contributed by atoms with Gasteiger partial charge in [0.05, 0.1) is 5.52 Å². The summed E-state index contributed by atoms with van der Waals surface area (Å²) in [4.78, 5) is 3.74. The van der Waals surface area contributed by atoms with Crippen LogP contribution in [-0.4, -0.2) is 4.98 Å². The molecule has 0 aliphatic heterocycles. The van der Waals surface area contributed by atoms with Gasteiger partial charge >= 0.3 is 0 Å². The van der Waals surface area contributed by atoms with Crippen LogP contribution in [0.2, 0.25) is 0 Å². The molecule has 2 aromatic heterocycles. The predicted octanol–water partition coefficient (Wildman–Crippen LogP) is 11.9. The third-order valence-electron chi connectivity index (χ3n) is 8.40. The molecule has 0 saturated heterocycles. The van der Waals surface area contributed by atoms with Gasteiger partial charge in [-0.1, -0.05) is 124 Å². The van der Waals surface area contributed by atoms with Crippen LogP contribution < -0.4 is 0 Å². The van der Waals surface area contributed by atoms with Gasteiger partial charge in [0.2, 0.25) is 0 Å². The molecule has 7 rings (SSSR count). The van der Waals surface area contributed by atoms with E-state index in [2.05, 4.69) is 115 Å². The topological polar surface area (TPSA) is 15.8 Å². The summed E-state index contributed by atoms with van der Waals surface area (Å²) in [5.74, 6) is 0. The first-order valence-corrected chi connectivity index (χ1v) is 15.7. The van der Waals surface area contributed by atoms with E-state index in [-0.39, 0.29) is 0 Å². The maximum absolute atomic E-state index is 3.74. The summed E-state index contributed by atoms with van der Waals surface area (Å²) in [6, 6.07) is 33.8. The van der Waals surface area contributed by atoms with Crippen molar-refractivity contribution >= 4 is 76.2 Å². The molecule has 0 unspecified atom stereocenters. The number of hydrogen-bond donors (Lipinski definition) is 1. The van der Waals surface area contributed by atoms with Crippen molar-refractivity contribution in [2.75, 3.05) is 0 Å². The predicted molar refractivity (Wildman–Crippen MR) is 179 cm³/mol. The molecular formula is C38H35NS. The molecule has 2 heteroatoms. The fraction of sp³-hybridized carbons (Fsp3) is 0.211. The van der Waals surface area contributed by atoms with Crippen molar-refractivity contribution in [3.8, 4) is 0 Å². The van der Waals surface area contributed by atoms with Crippen LogP contribution in [0.4, 0.5) is 0 Å². The number of fused-ring (bicyclic) bond motifs is 9. The van der Waals surface area contributed by atoms with Crippen molar-refractivity contribution < 1.29 is 0 Å². The summed E-state index contributed by atoms with van der Waals surface area (Å²) in [6.07, 6.45) is 13.8. The molecule has 1 nitrogen and oxygen atoms in total. The Morgan fingerprint density at radius 3 is 2.12 bits per heavy atom. The Morgan fingerprint density at radius 2 is 1.27 bits per heavy atom. The van der Waals surface area contributed by atoms with Gasteiger partial charge in [0, 0.05) is 47.2 Å². The third kappa shape index (κ3) is 4.71. The molecule has 0 radical (unpaired) electrons. The molecule has 5 aromatic carbocycles. The quantitative estimate of drug-likeness (QED) is 0.139. The van der Waals surface area contributed by atoms with Crippen LogP contribution in [-0.2, 0) is 6.42 Å². The van der Waals surface area contributed by atoms with E-state index >= 15 is 0 Å². The number of nitrogens with one attached hydrogen (secondary N) is 1. The van der Waals surface area contributed by atoms with Crippen LogP contribution in [0.1, 0.15) is 62.1 Å². The largest absolute Gasteiger partial charge is 0.354 e. The molecule has 2 heterocycles. The van der Waals surface area contributed by atoms with Gasteiger partial charge in [-0.05, 0) is 47.7 Å². The first-order valence-electron chi connectivity index (χ1n) is 14.8. The minimum atomic E-state index is 1.19. The molecule has 0 atom stereocenters. The highest BCUT2D eigenvalue weighted by Gasteiger charge is 2.13. The van der Waals surface area contributed by atoms with Crippen LogP contribution in [0.25, 0.3) is 64.9 Å². The summed E-state index contributed by atoms with van der Waals surface area (Å²) < 4.78 is 2.73. The fourth-order valence-corrected chi connectivity index (χ4v) is 7.41. The Kier molecular flexibility index (Phi) is 6.87. The van der Waals surface area contributed by atoms with E-state index in [9.17, 15) is 0 Å². The maximum atomic E-state index is 3.74. The fourth-order valence-electron chi connectivity index (χ4n) is 6.18. The minimum absolute atomic E-state index is 1.19. The molecule has 0 aliphatic rings. The van der Waals surface area contributed by atoms with Gasteiger partial charge in [0.15, 0.2) is 0 Å². The number of aromatic amines is 1. The van der Waals surface area contributed by atoms with E-state index in [4.69, 9.17) is 0 Å². The summed E-state index contributed by atoms with van der Waals surface area (Å²) >= 11 is 1.90. The first kappa shape index (κ1) is 25.1. The standard InChI is InChI=1S/C38H35NS/c1-2-3-4-5-6-7-10-26-13-15-27(16-14-26)17-18-28-19-24-35-34(25-28)31-21-23-33-30(37(31)39-35)20-22-32-29-11-8-9-12-36(29)40-38(32)33/h8-9,11-25,39H,2-7,10H2,1H3/b18-17+. The van der Waals surface area contributed by atoms with Gasteiger partial charge in [0.25, 0.3) is 0 Å². The zero-order valence-electron chi connectivity index (χ0n) is 23.2. The second-order valence-electron chi connectivity index (χ2n) is 11.1. The SMILES string of the molecule is CCCCCCCCc1ccc(/C=C/c2ccc3[nH]c4c(ccc5c4ccc4c6ccccc6sc45)c3c2)cc1. The Labute approximate surface area is 240 Å². The summed E-state index contributed by atoms with van der Waals surface area (Å²) in [5, 5.41) is 7.90. The number of benzene rings is 5. The molecule has 0 spiro atoms. The average molecular weight is 538 g/mol. The number of rotatable bonds is 9. The lowest BCUT2D eigenvalue weighted by atomic mass is 10.0. The summed E-state index contributed by atoms with van der Waals surface area (Å²) in [6.45, 7) is 2.28. The van der Waals surface area contributed by atoms with Gasteiger partial charge in [-0.3, -0.25) is 0 Å². The number of unbranched alkanes of at least 4 members (excludes halogenated alkanes) is 5. The molecule has 0 saturated carbocycles. The molecule has 7 aromatic rings. The maximum Gasteiger partial charge on any atom is 0.0545 e. The van der Waals surface area contributed by atoms with E-state index in [0.717, 1.165) is 0 Å². The minimum Gasteiger partial charge on any atom is -0.354 e. The second-order valence-corrected chi connectivity index (χ2v) is 12.2. The number of aryl methyl sites for hydroxylation is 1. The van der Waals surface area contributed by atoms with Gasteiger partial charge in [-0.2, -0.15) is 0 Å². The molecule has 0 amide bonds. The van der Waals surface area contributed by atoms with Crippen LogP contribution in [0.5, 0.6) is 0 Å². The molecule has 0 fully saturated rings. The number of hydrogen-bond acceptors (Lipinski definition) is 1. The van der Waals surface area contributed by atoms with Crippen molar-refractivity contribution in [1.82, 2.24) is 4.98 Å². The van der Waals surface area contributed by atoms with Gasteiger partial charge in [0.1, 0.15) is 0 Å². The molecule has 198 valence electrons. The third-order valence-corrected chi connectivity index (χ3v) is 9.62. The van der Waals surface area contributed by atoms with E-state index in [1.807, 2.05) is 11.3 Å². The first-order chi connectivity index (χ1) is 19.8. The van der Waals surface area contributed by atoms with Crippen LogP contribution >= 0.6 is 11.3 Å². The summed E-state index contributed by atoms with van der Waals surface area (Å²) in [5.41, 5.74) is 6.35. The van der Waals surface area contributed by atoms with Crippen molar-refractivity contribution in [1.29, 1.82) is 0 Å². The lowest BCUT2D eigenvalue weighted by molar-refractivity contribution is 0.607. The van der Waals surface area contributed by atoms with Crippen LogP contribution in [0.15, 0.2) is 91.0 Å². The highest BCUT2D eigenvalue weighted by atomic mass is 32.1. The van der Waals surface area contributed by atoms with E-state index in [0.29, 0.717) is 0 Å². The Balaban J connectivity index is 1.14. The van der Waals surface area contributed by atoms with Crippen molar-refractivity contribution in [3.63, 3.8) is 0 Å². The average Bonchev–Trinajstić information content (AvgIpc) is 3.57. The molecular weight excluding hydrogens is 502 g/mol. The normalized spacial score (nSPS) is 12.2. The van der Waals surface area contributed by atoms with Gasteiger partial charge in [-0.25, -0.2) is 0 Å². The zero-order valence-corrected chi connectivity index (χ0v) is 24.0. The number of thiophene rings is 1. The smallest absolute Gasteiger partial charge is 0.0545 e. The monoisotopic (exact) mass is 537 g/mol. The summed E-state index contributed by atoms with van der Waals surface area (Å²) in [7, 11) is 0. The van der Waals surface area contributed by atoms with Crippen molar-refractivity contribution in [3.05, 3.63) is 108 Å². The highest BCUT2D eigenvalue weighted by Crippen LogP contribution is 2.41. The van der Waals surface area contributed by atoms with E-state index in [1.54, 1.807) is 0 Å². The molecule has 40 heavy (non-hydrogen) atoms.